The molecule has 0 saturated heterocycles. The average molecular weight is 401 g/mol. The van der Waals surface area contributed by atoms with Gasteiger partial charge in [-0.1, -0.05) is 37.2 Å². The Bertz CT molecular complexity index is 871. The first-order chi connectivity index (χ1) is 13.4. The fourth-order valence-electron chi connectivity index (χ4n) is 3.27. The third-order valence-corrected chi connectivity index (χ3v) is 5.43. The maximum atomic E-state index is 12.4. The number of hydrogen-bond acceptors (Lipinski definition) is 6. The van der Waals surface area contributed by atoms with Gasteiger partial charge in [-0.3, -0.25) is 4.79 Å². The number of ketones is 1. The zero-order valence-electron chi connectivity index (χ0n) is 17.2. The molecule has 7 heteroatoms. The zero-order valence-corrected chi connectivity index (χ0v) is 18.0. The van der Waals surface area contributed by atoms with Crippen molar-refractivity contribution >= 4 is 23.5 Å². The maximum Gasteiger partial charge on any atom is 0.227 e. The zero-order chi connectivity index (χ0) is 20.3. The molecule has 1 N–H and O–H groups in total. The van der Waals surface area contributed by atoms with E-state index in [0.717, 1.165) is 40.8 Å². The van der Waals surface area contributed by atoms with Crippen molar-refractivity contribution in [2.24, 2.45) is 0 Å². The van der Waals surface area contributed by atoms with E-state index in [1.165, 1.54) is 0 Å². The molecule has 0 fully saturated rings. The first kappa shape index (κ1) is 20.5. The number of aromatic nitrogens is 3. The van der Waals surface area contributed by atoms with Crippen molar-refractivity contribution in [3.05, 3.63) is 41.1 Å². The van der Waals surface area contributed by atoms with Crippen LogP contribution in [-0.2, 0) is 4.79 Å². The van der Waals surface area contributed by atoms with Crippen LogP contribution in [0.1, 0.15) is 59.1 Å². The molecule has 0 amide bonds. The standard InChI is InChI=1S/C21H28N4O2S/c1-6-7-12-28-21-23-20-22-14(4)18(15(5)26)19(25(20)24-21)16-8-10-17(11-9-16)27-13(2)3/h8-11,13,19H,6-7,12H2,1-5H3,(H,22,23,24). The highest BCUT2D eigenvalue weighted by Gasteiger charge is 2.32. The summed E-state index contributed by atoms with van der Waals surface area (Å²) in [5.41, 5.74) is 2.52. The molecule has 1 unspecified atom stereocenters. The van der Waals surface area contributed by atoms with Crippen molar-refractivity contribution < 1.29 is 9.53 Å². The lowest BCUT2D eigenvalue weighted by atomic mass is 9.93. The van der Waals surface area contributed by atoms with Crippen LogP contribution in [0.3, 0.4) is 0 Å². The average Bonchev–Trinajstić information content (AvgIpc) is 3.03. The Morgan fingerprint density at radius 1 is 1.32 bits per heavy atom. The van der Waals surface area contributed by atoms with Gasteiger partial charge in [-0.05, 0) is 51.8 Å². The molecular formula is C21H28N4O2S. The normalized spacial score (nSPS) is 16.1. The summed E-state index contributed by atoms with van der Waals surface area (Å²) < 4.78 is 7.58. The van der Waals surface area contributed by atoms with Crippen molar-refractivity contribution in [1.29, 1.82) is 0 Å². The number of rotatable bonds is 8. The van der Waals surface area contributed by atoms with Crippen LogP contribution < -0.4 is 10.1 Å². The third kappa shape index (κ3) is 4.41. The van der Waals surface area contributed by atoms with E-state index >= 15 is 0 Å². The second-order valence-corrected chi connectivity index (χ2v) is 8.28. The molecule has 1 aliphatic heterocycles. The molecule has 6 nitrogen and oxygen atoms in total. The molecule has 2 aromatic rings. The van der Waals surface area contributed by atoms with Gasteiger partial charge in [0.1, 0.15) is 11.8 Å². The number of ether oxygens (including phenoxy) is 1. The molecule has 0 spiro atoms. The number of nitrogens with zero attached hydrogens (tertiary/aromatic N) is 3. The van der Waals surface area contributed by atoms with Gasteiger partial charge in [0.15, 0.2) is 5.78 Å². The third-order valence-electron chi connectivity index (χ3n) is 4.51. The Morgan fingerprint density at radius 3 is 2.64 bits per heavy atom. The highest BCUT2D eigenvalue weighted by molar-refractivity contribution is 7.99. The predicted molar refractivity (Wildman–Crippen MR) is 113 cm³/mol. The van der Waals surface area contributed by atoms with Crippen molar-refractivity contribution in [2.75, 3.05) is 11.1 Å². The van der Waals surface area contributed by atoms with E-state index in [4.69, 9.17) is 9.84 Å². The number of carbonyl (C=O) groups excluding carboxylic acids is 1. The summed E-state index contributed by atoms with van der Waals surface area (Å²) >= 11 is 1.65. The highest BCUT2D eigenvalue weighted by Crippen LogP contribution is 2.37. The largest absolute Gasteiger partial charge is 0.491 e. The van der Waals surface area contributed by atoms with E-state index in [1.54, 1.807) is 18.7 Å². The molecule has 1 atom stereocenters. The smallest absolute Gasteiger partial charge is 0.227 e. The predicted octanol–water partition coefficient (Wildman–Crippen LogP) is 4.84. The molecule has 28 heavy (non-hydrogen) atoms. The first-order valence-electron chi connectivity index (χ1n) is 9.75. The lowest BCUT2D eigenvalue weighted by molar-refractivity contribution is -0.114. The van der Waals surface area contributed by atoms with Crippen LogP contribution in [0.15, 0.2) is 40.7 Å². The summed E-state index contributed by atoms with van der Waals surface area (Å²) in [5.74, 6) is 2.50. The van der Waals surface area contributed by atoms with Crippen molar-refractivity contribution in [2.45, 2.75) is 64.8 Å². The summed E-state index contributed by atoms with van der Waals surface area (Å²) in [4.78, 5) is 17.1. The van der Waals surface area contributed by atoms with Crippen molar-refractivity contribution in [3.63, 3.8) is 0 Å². The minimum Gasteiger partial charge on any atom is -0.491 e. The van der Waals surface area contributed by atoms with Crippen LogP contribution in [0.2, 0.25) is 0 Å². The van der Waals surface area contributed by atoms with Crippen LogP contribution in [0.25, 0.3) is 0 Å². The monoisotopic (exact) mass is 400 g/mol. The number of fused-ring (bicyclic) bond motifs is 1. The van der Waals surface area contributed by atoms with Crippen LogP contribution in [0.4, 0.5) is 5.95 Å². The van der Waals surface area contributed by atoms with Crippen LogP contribution in [0.5, 0.6) is 5.75 Å². The minimum atomic E-state index is -0.296. The molecule has 150 valence electrons. The molecule has 1 aliphatic rings. The lowest BCUT2D eigenvalue weighted by Gasteiger charge is -2.28. The van der Waals surface area contributed by atoms with Gasteiger partial charge >= 0.3 is 0 Å². The van der Waals surface area contributed by atoms with E-state index < -0.39 is 0 Å². The first-order valence-corrected chi connectivity index (χ1v) is 10.7. The van der Waals surface area contributed by atoms with E-state index in [2.05, 4.69) is 17.2 Å². The van der Waals surface area contributed by atoms with E-state index in [0.29, 0.717) is 11.5 Å². The van der Waals surface area contributed by atoms with Gasteiger partial charge in [0.2, 0.25) is 11.1 Å². The Balaban J connectivity index is 1.97. The van der Waals surface area contributed by atoms with Gasteiger partial charge in [0, 0.05) is 17.0 Å². The topological polar surface area (TPSA) is 69.0 Å². The summed E-state index contributed by atoms with van der Waals surface area (Å²) in [6.45, 7) is 9.69. The Hall–Kier alpha value is -2.28. The fourth-order valence-corrected chi connectivity index (χ4v) is 4.18. The quantitative estimate of drug-likeness (QED) is 0.505. The molecule has 0 aliphatic carbocycles. The number of carbonyl (C=O) groups is 1. The summed E-state index contributed by atoms with van der Waals surface area (Å²) in [6.07, 6.45) is 2.38. The Morgan fingerprint density at radius 2 is 2.04 bits per heavy atom. The van der Waals surface area contributed by atoms with E-state index in [-0.39, 0.29) is 17.9 Å². The molecule has 2 heterocycles. The van der Waals surface area contributed by atoms with E-state index in [1.807, 2.05) is 49.7 Å². The molecule has 1 aromatic carbocycles. The fraction of sp³-hybridized carbons (Fsp3) is 0.476. The van der Waals surface area contributed by atoms with Gasteiger partial charge in [-0.25, -0.2) is 4.68 Å². The molecule has 0 bridgehead atoms. The number of thioether (sulfide) groups is 1. The molecule has 1 aromatic heterocycles. The molecular weight excluding hydrogens is 372 g/mol. The summed E-state index contributed by atoms with van der Waals surface area (Å²) in [6, 6.07) is 7.59. The van der Waals surface area contributed by atoms with Gasteiger partial charge in [0.25, 0.3) is 0 Å². The number of allylic oxidation sites excluding steroid dienone is 2. The summed E-state index contributed by atoms with van der Waals surface area (Å²) in [7, 11) is 0. The summed E-state index contributed by atoms with van der Waals surface area (Å²) in [5, 5.41) is 8.69. The van der Waals surface area contributed by atoms with Crippen molar-refractivity contribution in [1.82, 2.24) is 14.8 Å². The number of anilines is 1. The number of hydrogen-bond donors (Lipinski definition) is 1. The second kappa shape index (κ2) is 8.82. The molecule has 0 saturated carbocycles. The molecule has 3 rings (SSSR count). The van der Waals surface area contributed by atoms with E-state index in [9.17, 15) is 4.79 Å². The Labute approximate surface area is 170 Å². The van der Waals surface area contributed by atoms with Gasteiger partial charge in [-0.2, -0.15) is 4.98 Å². The molecule has 0 radical (unpaired) electrons. The number of Topliss-reactive ketones (excluding diaryl/α,β-unsaturated/α-hetero) is 1. The lowest BCUT2D eigenvalue weighted by Crippen LogP contribution is -2.27. The highest BCUT2D eigenvalue weighted by atomic mass is 32.2. The van der Waals surface area contributed by atoms with Crippen LogP contribution in [0, 0.1) is 0 Å². The van der Waals surface area contributed by atoms with Crippen LogP contribution >= 0.6 is 11.8 Å². The van der Waals surface area contributed by atoms with Crippen molar-refractivity contribution in [3.8, 4) is 5.75 Å². The van der Waals surface area contributed by atoms with Gasteiger partial charge in [-0.15, -0.1) is 5.10 Å². The minimum absolute atomic E-state index is 0.0267. The number of unbranched alkanes of at least 4 members (excludes halogenated alkanes) is 1. The Kier molecular flexibility index (Phi) is 6.44. The maximum absolute atomic E-state index is 12.4. The van der Waals surface area contributed by atoms with Gasteiger partial charge < -0.3 is 10.1 Å². The second-order valence-electron chi connectivity index (χ2n) is 7.22. The number of nitrogens with one attached hydrogen (secondary N) is 1. The van der Waals surface area contributed by atoms with Gasteiger partial charge in [0.05, 0.1) is 6.10 Å². The number of benzene rings is 1. The SMILES string of the molecule is CCCCSc1nc2n(n1)C(c1ccc(OC(C)C)cc1)C(C(C)=O)=C(C)N2. The van der Waals surface area contributed by atoms with Crippen LogP contribution in [-0.4, -0.2) is 32.4 Å².